The Balaban J connectivity index is 1.23. The predicted octanol–water partition coefficient (Wildman–Crippen LogP) is 2.55. The molecule has 0 radical (unpaired) electrons. The molecular weight excluding hydrogens is 354 g/mol. The van der Waals surface area contributed by atoms with Crippen LogP contribution >= 0.6 is 0 Å². The zero-order chi connectivity index (χ0) is 19.7. The number of rotatable bonds is 5. The fourth-order valence-electron chi connectivity index (χ4n) is 4.40. The molecule has 0 bridgehead atoms. The maximum atomic E-state index is 12.9. The molecule has 154 valence electrons. The Kier molecular flexibility index (Phi) is 5.61. The Bertz CT molecular complexity index is 675. The number of amides is 1. The highest BCUT2D eigenvalue weighted by Gasteiger charge is 2.39. The van der Waals surface area contributed by atoms with Gasteiger partial charge in [-0.2, -0.15) is 0 Å². The van der Waals surface area contributed by atoms with E-state index in [4.69, 9.17) is 4.74 Å². The van der Waals surface area contributed by atoms with Gasteiger partial charge in [0, 0.05) is 38.1 Å². The van der Waals surface area contributed by atoms with Crippen LogP contribution in [0.2, 0.25) is 0 Å². The molecule has 0 atom stereocenters. The normalized spacial score (nSPS) is 26.9. The van der Waals surface area contributed by atoms with Gasteiger partial charge in [-0.15, -0.1) is 0 Å². The standard InChI is InChI=1S/C22H33N3O3/c1-22(2,27)20-8-7-18(15-23-20)28-19-13-16(14-19)21(26)25-10-4-9-24(11-12-25)17-5-3-6-17/h7-8,15-17,19,27H,3-6,9-14H2,1-2H3/t16-,19+. The Labute approximate surface area is 167 Å². The zero-order valence-electron chi connectivity index (χ0n) is 17.1. The van der Waals surface area contributed by atoms with Crippen molar-refractivity contribution in [3.8, 4) is 5.75 Å². The van der Waals surface area contributed by atoms with E-state index in [0.29, 0.717) is 17.4 Å². The third-order valence-corrected chi connectivity index (χ3v) is 6.54. The minimum Gasteiger partial charge on any atom is -0.489 e. The molecule has 6 nitrogen and oxygen atoms in total. The highest BCUT2D eigenvalue weighted by Crippen LogP contribution is 2.33. The van der Waals surface area contributed by atoms with Crippen LogP contribution in [0.1, 0.15) is 58.1 Å². The largest absolute Gasteiger partial charge is 0.489 e. The van der Waals surface area contributed by atoms with Crippen molar-refractivity contribution in [2.24, 2.45) is 5.92 Å². The van der Waals surface area contributed by atoms with Crippen LogP contribution in [-0.2, 0) is 10.4 Å². The number of hydrogen-bond donors (Lipinski definition) is 1. The summed E-state index contributed by atoms with van der Waals surface area (Å²) in [4.78, 5) is 21.8. The lowest BCUT2D eigenvalue weighted by molar-refractivity contribution is -0.141. The lowest BCUT2D eigenvalue weighted by atomic mass is 9.81. The molecule has 2 heterocycles. The molecule has 2 saturated carbocycles. The van der Waals surface area contributed by atoms with Crippen molar-refractivity contribution in [3.63, 3.8) is 0 Å². The van der Waals surface area contributed by atoms with E-state index in [0.717, 1.165) is 51.5 Å². The van der Waals surface area contributed by atoms with Gasteiger partial charge in [0.25, 0.3) is 0 Å². The second-order valence-corrected chi connectivity index (χ2v) is 9.15. The minimum absolute atomic E-state index is 0.0854. The predicted molar refractivity (Wildman–Crippen MR) is 107 cm³/mol. The number of hydrogen-bond acceptors (Lipinski definition) is 5. The van der Waals surface area contributed by atoms with E-state index in [1.165, 1.54) is 19.3 Å². The summed E-state index contributed by atoms with van der Waals surface area (Å²) in [6.45, 7) is 7.37. The molecule has 6 heteroatoms. The molecule has 1 saturated heterocycles. The molecule has 1 amide bonds. The summed E-state index contributed by atoms with van der Waals surface area (Å²) < 4.78 is 5.96. The minimum atomic E-state index is -0.951. The second kappa shape index (κ2) is 7.99. The summed E-state index contributed by atoms with van der Waals surface area (Å²) in [6.07, 6.45) is 8.44. The summed E-state index contributed by atoms with van der Waals surface area (Å²) in [5.41, 5.74) is -0.327. The monoisotopic (exact) mass is 387 g/mol. The average Bonchev–Trinajstić information content (AvgIpc) is 2.81. The number of carbonyl (C=O) groups is 1. The number of aliphatic hydroxyl groups is 1. The SMILES string of the molecule is CC(C)(O)c1ccc(O[C@H]2C[C@@H](C(=O)N3CCCN(C4CCC4)CC3)C2)cn1. The van der Waals surface area contributed by atoms with Crippen LogP contribution in [0.25, 0.3) is 0 Å². The first-order valence-corrected chi connectivity index (χ1v) is 10.8. The second-order valence-electron chi connectivity index (χ2n) is 9.15. The van der Waals surface area contributed by atoms with Gasteiger partial charge >= 0.3 is 0 Å². The fraction of sp³-hybridized carbons (Fsp3) is 0.727. The van der Waals surface area contributed by atoms with E-state index in [2.05, 4.69) is 14.8 Å². The summed E-state index contributed by atoms with van der Waals surface area (Å²) in [5.74, 6) is 1.12. The number of carbonyl (C=O) groups excluding carboxylic acids is 1. The molecule has 1 N–H and O–H groups in total. The lowest BCUT2D eigenvalue weighted by Crippen LogP contribution is -2.47. The first-order valence-electron chi connectivity index (χ1n) is 10.8. The van der Waals surface area contributed by atoms with Crippen LogP contribution in [0.4, 0.5) is 0 Å². The van der Waals surface area contributed by atoms with Crippen LogP contribution in [0.3, 0.4) is 0 Å². The van der Waals surface area contributed by atoms with Crippen LogP contribution in [0.15, 0.2) is 18.3 Å². The van der Waals surface area contributed by atoms with E-state index in [9.17, 15) is 9.90 Å². The van der Waals surface area contributed by atoms with Crippen molar-refractivity contribution >= 4 is 5.91 Å². The van der Waals surface area contributed by atoms with Gasteiger partial charge < -0.3 is 14.7 Å². The van der Waals surface area contributed by atoms with Crippen LogP contribution in [0, 0.1) is 5.92 Å². The number of nitrogens with zero attached hydrogens (tertiary/aromatic N) is 3. The summed E-state index contributed by atoms with van der Waals surface area (Å²) in [6, 6.07) is 4.41. The van der Waals surface area contributed by atoms with Gasteiger partial charge in [0.2, 0.25) is 5.91 Å². The van der Waals surface area contributed by atoms with Crippen molar-refractivity contribution in [1.29, 1.82) is 0 Å². The summed E-state index contributed by atoms with van der Waals surface area (Å²) in [7, 11) is 0. The third-order valence-electron chi connectivity index (χ3n) is 6.54. The molecule has 1 aromatic rings. The quantitative estimate of drug-likeness (QED) is 0.841. The van der Waals surface area contributed by atoms with Gasteiger partial charge in [-0.3, -0.25) is 14.7 Å². The maximum Gasteiger partial charge on any atom is 0.226 e. The van der Waals surface area contributed by atoms with E-state index < -0.39 is 5.60 Å². The number of pyridine rings is 1. The Morgan fingerprint density at radius 2 is 1.93 bits per heavy atom. The van der Waals surface area contributed by atoms with Crippen LogP contribution in [-0.4, -0.2) is 64.1 Å². The summed E-state index contributed by atoms with van der Waals surface area (Å²) >= 11 is 0. The molecule has 2 aliphatic carbocycles. The van der Waals surface area contributed by atoms with E-state index in [1.54, 1.807) is 26.1 Å². The van der Waals surface area contributed by atoms with Gasteiger partial charge in [0.05, 0.1) is 11.9 Å². The first-order chi connectivity index (χ1) is 13.4. The van der Waals surface area contributed by atoms with Gasteiger partial charge in [-0.1, -0.05) is 6.42 Å². The molecular formula is C22H33N3O3. The van der Waals surface area contributed by atoms with Crippen molar-refractivity contribution < 1.29 is 14.6 Å². The van der Waals surface area contributed by atoms with E-state index >= 15 is 0 Å². The van der Waals surface area contributed by atoms with Gasteiger partial charge in [0.1, 0.15) is 17.5 Å². The highest BCUT2D eigenvalue weighted by molar-refractivity contribution is 5.80. The topological polar surface area (TPSA) is 65.9 Å². The van der Waals surface area contributed by atoms with Gasteiger partial charge in [0.15, 0.2) is 0 Å². The molecule has 0 unspecified atom stereocenters. The molecule has 1 aromatic heterocycles. The maximum absolute atomic E-state index is 12.9. The first kappa shape index (κ1) is 19.6. The zero-order valence-corrected chi connectivity index (χ0v) is 17.1. The van der Waals surface area contributed by atoms with Gasteiger partial charge in [-0.25, -0.2) is 0 Å². The Morgan fingerprint density at radius 1 is 1.14 bits per heavy atom. The molecule has 0 spiro atoms. The van der Waals surface area contributed by atoms with Crippen LogP contribution in [0.5, 0.6) is 5.75 Å². The highest BCUT2D eigenvalue weighted by atomic mass is 16.5. The fourth-order valence-corrected chi connectivity index (χ4v) is 4.40. The molecule has 3 fully saturated rings. The van der Waals surface area contributed by atoms with Crippen molar-refractivity contribution in [2.75, 3.05) is 26.2 Å². The smallest absolute Gasteiger partial charge is 0.226 e. The van der Waals surface area contributed by atoms with E-state index in [-0.39, 0.29) is 12.0 Å². The molecule has 1 aliphatic heterocycles. The summed E-state index contributed by atoms with van der Waals surface area (Å²) in [5, 5.41) is 9.97. The Morgan fingerprint density at radius 3 is 2.54 bits per heavy atom. The Hall–Kier alpha value is -1.66. The van der Waals surface area contributed by atoms with Crippen LogP contribution < -0.4 is 4.74 Å². The number of aromatic nitrogens is 1. The third kappa shape index (κ3) is 4.33. The van der Waals surface area contributed by atoms with Crippen molar-refractivity contribution in [1.82, 2.24) is 14.8 Å². The molecule has 4 rings (SSSR count). The molecule has 28 heavy (non-hydrogen) atoms. The molecule has 0 aromatic carbocycles. The van der Waals surface area contributed by atoms with Crippen molar-refractivity contribution in [2.45, 2.75) is 70.1 Å². The average molecular weight is 388 g/mol. The lowest BCUT2D eigenvalue weighted by Gasteiger charge is -2.38. The van der Waals surface area contributed by atoms with E-state index in [1.807, 2.05) is 6.07 Å². The van der Waals surface area contributed by atoms with Gasteiger partial charge in [-0.05, 0) is 58.1 Å². The van der Waals surface area contributed by atoms with Crippen molar-refractivity contribution in [3.05, 3.63) is 24.0 Å². The number of ether oxygens (including phenoxy) is 1. The molecule has 3 aliphatic rings.